The smallest absolute Gasteiger partial charge is 0.104 e. The van der Waals surface area contributed by atoms with Gasteiger partial charge in [-0.05, 0) is 12.8 Å². The summed E-state index contributed by atoms with van der Waals surface area (Å²) in [4.78, 5) is 6.23. The van der Waals surface area contributed by atoms with Crippen molar-refractivity contribution < 1.29 is 95.8 Å². The molecule has 24 nitrogen and oxygen atoms in total. The normalized spacial score (nSPS) is 19.5. The van der Waals surface area contributed by atoms with Gasteiger partial charge in [0, 0.05) is 140 Å². The van der Waals surface area contributed by atoms with Crippen molar-refractivity contribution in [1.29, 1.82) is 0 Å². The van der Waals surface area contributed by atoms with Crippen molar-refractivity contribution in [3.63, 3.8) is 0 Å². The van der Waals surface area contributed by atoms with Crippen molar-refractivity contribution in [3.8, 4) is 0 Å². The van der Waals surface area contributed by atoms with Gasteiger partial charge in [-0.3, -0.25) is 14.7 Å². The van der Waals surface area contributed by atoms with Crippen molar-refractivity contribution in [2.75, 3.05) is 281 Å². The van der Waals surface area contributed by atoms with Crippen LogP contribution in [0, 0.1) is 10.8 Å². The third kappa shape index (κ3) is 42.8. The van der Waals surface area contributed by atoms with Gasteiger partial charge in [-0.25, -0.2) is 0 Å². The lowest BCUT2D eigenvalue weighted by Crippen LogP contribution is -2.43. The molecule has 4 N–H and O–H groups in total. The first-order valence-electron chi connectivity index (χ1n) is 28.1. The molecule has 0 amide bonds. The van der Waals surface area contributed by atoms with E-state index in [1.165, 1.54) is 0 Å². The summed E-state index contributed by atoms with van der Waals surface area (Å²) in [6.45, 7) is 23.7. The second kappa shape index (κ2) is 50.5. The lowest BCUT2D eigenvalue weighted by atomic mass is 9.88. The van der Waals surface area contributed by atoms with Crippen molar-refractivity contribution >= 4 is 0 Å². The van der Waals surface area contributed by atoms with Gasteiger partial charge in [-0.1, -0.05) is 13.8 Å². The van der Waals surface area contributed by atoms with E-state index in [0.29, 0.717) is 163 Å². The molecule has 0 radical (unpaired) electrons. The van der Waals surface area contributed by atoms with Crippen molar-refractivity contribution in [2.24, 2.45) is 10.8 Å². The number of methoxy groups -OCH3 is 8. The Labute approximate surface area is 469 Å². The Balaban J connectivity index is 0.000000814. The van der Waals surface area contributed by atoms with Gasteiger partial charge in [-0.15, -0.1) is 0 Å². The van der Waals surface area contributed by atoms with E-state index in [9.17, 15) is 15.3 Å². The van der Waals surface area contributed by atoms with Crippen LogP contribution in [0.5, 0.6) is 0 Å². The van der Waals surface area contributed by atoms with Crippen LogP contribution in [0.3, 0.4) is 0 Å². The molecule has 3 fully saturated rings. The maximum Gasteiger partial charge on any atom is 0.104 e. The van der Waals surface area contributed by atoms with Gasteiger partial charge in [0.1, 0.15) is 18.3 Å². The average molecular weight is 1140 g/mol. The van der Waals surface area contributed by atoms with Crippen LogP contribution in [-0.4, -0.2) is 347 Å². The van der Waals surface area contributed by atoms with E-state index in [0.717, 1.165) is 52.5 Å². The van der Waals surface area contributed by atoms with Crippen molar-refractivity contribution in [3.05, 3.63) is 0 Å². The molecule has 0 aromatic heterocycles. The molecule has 468 valence electrons. The highest BCUT2D eigenvalue weighted by Gasteiger charge is 2.35. The maximum absolute atomic E-state index is 10.8. The van der Waals surface area contributed by atoms with Gasteiger partial charge in [0.2, 0.25) is 0 Å². The molecule has 0 saturated carbocycles. The van der Waals surface area contributed by atoms with Crippen LogP contribution in [-0.2, 0) is 80.5 Å². The number of nitrogens with zero attached hydrogens (tertiary/aromatic N) is 3. The van der Waals surface area contributed by atoms with Crippen LogP contribution in [0.1, 0.15) is 26.7 Å². The molecule has 3 saturated heterocycles. The summed E-state index contributed by atoms with van der Waals surface area (Å²) >= 11 is 0. The zero-order valence-corrected chi connectivity index (χ0v) is 50.0. The van der Waals surface area contributed by atoms with Crippen LogP contribution >= 0.6 is 0 Å². The number of epoxide rings is 3. The summed E-state index contributed by atoms with van der Waals surface area (Å²) in [5, 5.41) is 35.5. The highest BCUT2D eigenvalue weighted by atomic mass is 16.6. The molecular weight excluding hydrogens is 1020 g/mol. The van der Waals surface area contributed by atoms with Crippen LogP contribution in [0.25, 0.3) is 0 Å². The Morgan fingerprint density at radius 1 is 0.397 bits per heavy atom. The van der Waals surface area contributed by atoms with Crippen LogP contribution in [0.4, 0.5) is 0 Å². The molecular formula is C54H112N4O20. The van der Waals surface area contributed by atoms with Crippen molar-refractivity contribution in [1.82, 2.24) is 20.0 Å². The SMILES string of the molecule is CCC(COCC(O)CN(CCOC)CCOC)(COCC(O)CN(CCOC)CCOC)COCC(O)CN(CCOC)CCOC.CCC(COCC1CO1)(COCC1CO1)COCC1CO1.COCCNCCOC. The quantitative estimate of drug-likeness (QED) is 0.0455. The van der Waals surface area contributed by atoms with Gasteiger partial charge >= 0.3 is 0 Å². The fourth-order valence-corrected chi connectivity index (χ4v) is 7.54. The number of rotatable bonds is 56. The number of aliphatic hydroxyl groups is 3. The van der Waals surface area contributed by atoms with E-state index in [4.69, 9.17) is 80.5 Å². The molecule has 0 aromatic rings. The second-order valence-corrected chi connectivity index (χ2v) is 20.2. The first kappa shape index (κ1) is 75.1. The number of nitrogens with one attached hydrogen (secondary N) is 1. The molecule has 0 spiro atoms. The minimum atomic E-state index is -0.714. The maximum atomic E-state index is 10.8. The summed E-state index contributed by atoms with van der Waals surface area (Å²) in [5.74, 6) is 0. The Morgan fingerprint density at radius 2 is 0.628 bits per heavy atom. The molecule has 3 aliphatic heterocycles. The van der Waals surface area contributed by atoms with Crippen LogP contribution in [0.2, 0.25) is 0 Å². The Kier molecular flexibility index (Phi) is 48.6. The van der Waals surface area contributed by atoms with Gasteiger partial charge in [0.15, 0.2) is 0 Å². The molecule has 78 heavy (non-hydrogen) atoms. The number of aliphatic hydroxyl groups excluding tert-OH is 3. The van der Waals surface area contributed by atoms with E-state index < -0.39 is 23.7 Å². The summed E-state index contributed by atoms with van der Waals surface area (Å²) in [5.41, 5.74) is -0.665. The summed E-state index contributed by atoms with van der Waals surface area (Å²) < 4.78 is 92.1. The molecule has 6 atom stereocenters. The Bertz CT molecular complexity index is 1130. The van der Waals surface area contributed by atoms with E-state index >= 15 is 0 Å². The Morgan fingerprint density at radius 3 is 0.833 bits per heavy atom. The summed E-state index contributed by atoms with van der Waals surface area (Å²) in [6, 6.07) is 0. The number of hydrogen-bond donors (Lipinski definition) is 4. The van der Waals surface area contributed by atoms with Gasteiger partial charge in [-0.2, -0.15) is 0 Å². The predicted molar refractivity (Wildman–Crippen MR) is 295 cm³/mol. The lowest BCUT2D eigenvalue weighted by molar-refractivity contribution is -0.105. The average Bonchev–Trinajstić information content (AvgIpc) is 4.28. The van der Waals surface area contributed by atoms with Crippen LogP contribution in [0.15, 0.2) is 0 Å². The Hall–Kier alpha value is -0.960. The van der Waals surface area contributed by atoms with E-state index in [1.54, 1.807) is 56.9 Å². The molecule has 3 aliphatic rings. The number of hydrogen-bond acceptors (Lipinski definition) is 24. The molecule has 3 heterocycles. The standard InChI is InChI=1S/C33H71N3O12.C15H26O6.C6H15NO2/c1-8-33(27-46-24-30(37)21-34(9-15-40-2)10-16-41-3,28-47-25-31(38)22-35(11-17-42-4)12-18-43-5)29-48-26-32(39)23-36(13-19-44-6)14-20-45-7;1-2-15(9-16-3-12-6-19-12,10-17-4-13-7-20-13)11-18-5-14-8-21-14;1-8-5-3-7-4-6-9-2/h30-32,37-39H,8-29H2,1-7H3;12-14H,2-11H2,1H3;7H,3-6H2,1-2H3. The number of ether oxygens (including phenoxy) is 17. The molecule has 0 aromatic carbocycles. The minimum absolute atomic E-state index is 0.0985. The molecule has 24 heteroatoms. The molecule has 0 aliphatic carbocycles. The second-order valence-electron chi connectivity index (χ2n) is 20.2. The topological polar surface area (TPSA) is 249 Å². The third-order valence-corrected chi connectivity index (χ3v) is 13.0. The highest BCUT2D eigenvalue weighted by Crippen LogP contribution is 2.27. The summed E-state index contributed by atoms with van der Waals surface area (Å²) in [7, 11) is 13.3. The first-order chi connectivity index (χ1) is 37.9. The van der Waals surface area contributed by atoms with E-state index in [1.807, 2.05) is 6.92 Å². The van der Waals surface area contributed by atoms with Crippen molar-refractivity contribution in [2.45, 2.75) is 63.3 Å². The van der Waals surface area contributed by atoms with E-state index in [2.05, 4.69) is 26.9 Å². The molecule has 0 bridgehead atoms. The summed E-state index contributed by atoms with van der Waals surface area (Å²) in [6.07, 6.45) is 0.348. The lowest BCUT2D eigenvalue weighted by Gasteiger charge is -2.34. The molecule has 6 unspecified atom stereocenters. The van der Waals surface area contributed by atoms with Gasteiger partial charge in [0.25, 0.3) is 0 Å². The predicted octanol–water partition coefficient (Wildman–Crippen LogP) is -0.203. The molecule has 3 rings (SSSR count). The zero-order chi connectivity index (χ0) is 57.4. The zero-order valence-electron chi connectivity index (χ0n) is 50.0. The fraction of sp³-hybridized carbons (Fsp3) is 1.00. The minimum Gasteiger partial charge on any atom is -0.389 e. The van der Waals surface area contributed by atoms with E-state index in [-0.39, 0.29) is 45.1 Å². The van der Waals surface area contributed by atoms with Gasteiger partial charge in [0.05, 0.1) is 170 Å². The third-order valence-electron chi connectivity index (χ3n) is 13.0. The fourth-order valence-electron chi connectivity index (χ4n) is 7.54. The van der Waals surface area contributed by atoms with Crippen LogP contribution < -0.4 is 5.32 Å². The highest BCUT2D eigenvalue weighted by molar-refractivity contribution is 4.82. The monoisotopic (exact) mass is 1140 g/mol. The first-order valence-corrected chi connectivity index (χ1v) is 28.1. The largest absolute Gasteiger partial charge is 0.389 e. The van der Waals surface area contributed by atoms with Gasteiger partial charge < -0.3 is 101 Å².